The Kier molecular flexibility index (Phi) is 5.36. The molecule has 0 saturated carbocycles. The molecule has 0 aliphatic carbocycles. The van der Waals surface area contributed by atoms with Crippen LogP contribution in [0.2, 0.25) is 0 Å². The first kappa shape index (κ1) is 16.4. The average Bonchev–Trinajstić information content (AvgIpc) is 2.63. The van der Waals surface area contributed by atoms with Gasteiger partial charge in [0.1, 0.15) is 5.75 Å². The number of para-hydroxylation sites is 2. The lowest BCUT2D eigenvalue weighted by Crippen LogP contribution is -2.29. The molecule has 1 heterocycles. The molecule has 0 aromatic heterocycles. The summed E-state index contributed by atoms with van der Waals surface area (Å²) in [4.78, 5) is 14.7. The van der Waals surface area contributed by atoms with E-state index in [2.05, 4.69) is 22.3 Å². The van der Waals surface area contributed by atoms with E-state index in [4.69, 9.17) is 4.74 Å². The van der Waals surface area contributed by atoms with Crippen LogP contribution in [0, 0.1) is 0 Å². The Morgan fingerprint density at radius 2 is 1.75 bits per heavy atom. The predicted molar refractivity (Wildman–Crippen MR) is 97.8 cm³/mol. The van der Waals surface area contributed by atoms with Crippen LogP contribution in [0.4, 0.5) is 11.4 Å². The fourth-order valence-electron chi connectivity index (χ4n) is 3.10. The first-order valence-corrected chi connectivity index (χ1v) is 8.53. The summed E-state index contributed by atoms with van der Waals surface area (Å²) in [6.07, 6.45) is 4.22. The highest BCUT2D eigenvalue weighted by atomic mass is 16.5. The zero-order valence-electron chi connectivity index (χ0n) is 14.1. The number of nitrogens with one attached hydrogen (secondary N) is 1. The van der Waals surface area contributed by atoms with Gasteiger partial charge in [-0.3, -0.25) is 4.79 Å². The van der Waals surface area contributed by atoms with Crippen molar-refractivity contribution in [2.75, 3.05) is 30.4 Å². The summed E-state index contributed by atoms with van der Waals surface area (Å²) in [6.45, 7) is 2.27. The molecule has 1 saturated heterocycles. The smallest absolute Gasteiger partial charge is 0.228 e. The molecule has 1 fully saturated rings. The number of nitrogens with zero attached hydrogens (tertiary/aromatic N) is 1. The van der Waals surface area contributed by atoms with E-state index in [9.17, 15) is 4.79 Å². The Morgan fingerprint density at radius 1 is 1.04 bits per heavy atom. The Labute approximate surface area is 143 Å². The maximum atomic E-state index is 12.3. The summed E-state index contributed by atoms with van der Waals surface area (Å²) < 4.78 is 5.26. The van der Waals surface area contributed by atoms with E-state index < -0.39 is 0 Å². The molecular formula is C20H24N2O2. The number of ether oxygens (including phenoxy) is 1. The maximum Gasteiger partial charge on any atom is 0.228 e. The molecule has 1 aliphatic heterocycles. The summed E-state index contributed by atoms with van der Waals surface area (Å²) in [6, 6.07) is 15.8. The fourth-order valence-corrected chi connectivity index (χ4v) is 3.10. The predicted octanol–water partition coefficient (Wildman–Crippen LogP) is 3.87. The normalized spacial score (nSPS) is 14.3. The van der Waals surface area contributed by atoms with Gasteiger partial charge in [0.05, 0.1) is 19.2 Å². The van der Waals surface area contributed by atoms with Crippen LogP contribution in [-0.2, 0) is 11.2 Å². The summed E-state index contributed by atoms with van der Waals surface area (Å²) >= 11 is 0. The van der Waals surface area contributed by atoms with Crippen LogP contribution in [0.1, 0.15) is 24.8 Å². The average molecular weight is 324 g/mol. The van der Waals surface area contributed by atoms with Crippen molar-refractivity contribution in [2.45, 2.75) is 25.7 Å². The van der Waals surface area contributed by atoms with Gasteiger partial charge in [0, 0.05) is 18.8 Å². The third-order valence-corrected chi connectivity index (χ3v) is 4.40. The van der Waals surface area contributed by atoms with Crippen molar-refractivity contribution in [3.05, 3.63) is 54.1 Å². The molecule has 1 amide bonds. The minimum Gasteiger partial charge on any atom is -0.495 e. The quantitative estimate of drug-likeness (QED) is 0.908. The lowest BCUT2D eigenvalue weighted by atomic mass is 10.1. The standard InChI is InChI=1S/C20H24N2O2/c1-24-19-8-4-3-7-18(19)21-20(23)15-16-9-11-17(12-10-16)22-13-5-2-6-14-22/h3-4,7-12H,2,5-6,13-15H2,1H3,(H,21,23). The zero-order chi connectivity index (χ0) is 16.8. The number of anilines is 2. The first-order chi connectivity index (χ1) is 11.8. The van der Waals surface area contributed by atoms with E-state index in [1.807, 2.05) is 36.4 Å². The van der Waals surface area contributed by atoms with E-state index in [-0.39, 0.29) is 5.91 Å². The van der Waals surface area contributed by atoms with Gasteiger partial charge in [-0.2, -0.15) is 0 Å². The van der Waals surface area contributed by atoms with E-state index in [1.54, 1.807) is 7.11 Å². The van der Waals surface area contributed by atoms with Gasteiger partial charge in [-0.15, -0.1) is 0 Å². The number of carbonyl (C=O) groups is 1. The Morgan fingerprint density at radius 3 is 2.46 bits per heavy atom. The minimum absolute atomic E-state index is 0.0368. The minimum atomic E-state index is -0.0368. The second kappa shape index (κ2) is 7.86. The molecule has 1 aliphatic rings. The van der Waals surface area contributed by atoms with Crippen LogP contribution >= 0.6 is 0 Å². The number of hydrogen-bond donors (Lipinski definition) is 1. The van der Waals surface area contributed by atoms with Crippen molar-refractivity contribution in [3.63, 3.8) is 0 Å². The Hall–Kier alpha value is -2.49. The van der Waals surface area contributed by atoms with E-state index in [0.717, 1.165) is 18.7 Å². The van der Waals surface area contributed by atoms with Crippen LogP contribution in [0.25, 0.3) is 0 Å². The lowest BCUT2D eigenvalue weighted by molar-refractivity contribution is -0.115. The van der Waals surface area contributed by atoms with E-state index in [1.165, 1.54) is 24.9 Å². The van der Waals surface area contributed by atoms with Gasteiger partial charge in [0.15, 0.2) is 0 Å². The van der Waals surface area contributed by atoms with Crippen LogP contribution in [-0.4, -0.2) is 26.1 Å². The van der Waals surface area contributed by atoms with Crippen molar-refractivity contribution in [1.29, 1.82) is 0 Å². The number of rotatable bonds is 5. The first-order valence-electron chi connectivity index (χ1n) is 8.53. The SMILES string of the molecule is COc1ccccc1NC(=O)Cc1ccc(N2CCCCC2)cc1. The van der Waals surface area contributed by atoms with Gasteiger partial charge in [0.2, 0.25) is 5.91 Å². The highest BCUT2D eigenvalue weighted by Crippen LogP contribution is 2.24. The molecule has 2 aromatic rings. The van der Waals surface area contributed by atoms with E-state index in [0.29, 0.717) is 17.9 Å². The number of hydrogen-bond acceptors (Lipinski definition) is 3. The Bertz CT molecular complexity index is 676. The second-order valence-corrected chi connectivity index (χ2v) is 6.14. The molecule has 1 N–H and O–H groups in total. The number of piperidine rings is 1. The summed E-state index contributed by atoms with van der Waals surface area (Å²) in [5, 5.41) is 2.91. The highest BCUT2D eigenvalue weighted by molar-refractivity contribution is 5.93. The molecule has 126 valence electrons. The summed E-state index contributed by atoms with van der Waals surface area (Å²) in [5.41, 5.74) is 2.97. The molecule has 0 unspecified atom stereocenters. The molecule has 2 aromatic carbocycles. The van der Waals surface area contributed by atoms with Gasteiger partial charge in [-0.1, -0.05) is 24.3 Å². The van der Waals surface area contributed by atoms with Crippen LogP contribution in [0.5, 0.6) is 5.75 Å². The second-order valence-electron chi connectivity index (χ2n) is 6.14. The zero-order valence-corrected chi connectivity index (χ0v) is 14.1. The third kappa shape index (κ3) is 4.07. The van der Waals surface area contributed by atoms with Gasteiger partial charge < -0.3 is 15.0 Å². The number of benzene rings is 2. The molecule has 0 spiro atoms. The lowest BCUT2D eigenvalue weighted by Gasteiger charge is -2.28. The van der Waals surface area contributed by atoms with Gasteiger partial charge in [0.25, 0.3) is 0 Å². The molecule has 24 heavy (non-hydrogen) atoms. The van der Waals surface area contributed by atoms with Crippen LogP contribution in [0.3, 0.4) is 0 Å². The maximum absolute atomic E-state index is 12.3. The molecule has 4 nitrogen and oxygen atoms in total. The third-order valence-electron chi connectivity index (χ3n) is 4.40. The molecule has 0 bridgehead atoms. The topological polar surface area (TPSA) is 41.6 Å². The number of carbonyl (C=O) groups excluding carboxylic acids is 1. The Balaban J connectivity index is 1.60. The number of amides is 1. The van der Waals surface area contributed by atoms with Crippen LogP contribution in [0.15, 0.2) is 48.5 Å². The molecular weight excluding hydrogens is 300 g/mol. The summed E-state index contributed by atoms with van der Waals surface area (Å²) in [5.74, 6) is 0.636. The van der Waals surface area contributed by atoms with Gasteiger partial charge in [-0.05, 0) is 49.1 Å². The van der Waals surface area contributed by atoms with Crippen molar-refractivity contribution >= 4 is 17.3 Å². The molecule has 0 atom stereocenters. The summed E-state index contributed by atoms with van der Waals surface area (Å²) in [7, 11) is 1.60. The van der Waals surface area contributed by atoms with E-state index >= 15 is 0 Å². The van der Waals surface area contributed by atoms with Gasteiger partial charge in [-0.25, -0.2) is 0 Å². The van der Waals surface area contributed by atoms with Gasteiger partial charge >= 0.3 is 0 Å². The fraction of sp³-hybridized carbons (Fsp3) is 0.350. The molecule has 0 radical (unpaired) electrons. The molecule has 3 rings (SSSR count). The van der Waals surface area contributed by atoms with Crippen LogP contribution < -0.4 is 15.0 Å². The largest absolute Gasteiger partial charge is 0.495 e. The monoisotopic (exact) mass is 324 g/mol. The van der Waals surface area contributed by atoms with Crippen molar-refractivity contribution in [3.8, 4) is 5.75 Å². The van der Waals surface area contributed by atoms with Crippen molar-refractivity contribution < 1.29 is 9.53 Å². The molecule has 4 heteroatoms. The van der Waals surface area contributed by atoms with Crippen molar-refractivity contribution in [2.24, 2.45) is 0 Å². The number of methoxy groups -OCH3 is 1. The van der Waals surface area contributed by atoms with Crippen molar-refractivity contribution in [1.82, 2.24) is 0 Å². The highest BCUT2D eigenvalue weighted by Gasteiger charge is 2.12.